The van der Waals surface area contributed by atoms with Gasteiger partial charge in [-0.1, -0.05) is 54.3 Å². The molecule has 2 rings (SSSR count). The highest BCUT2D eigenvalue weighted by Gasteiger charge is 2.03. The number of halogens is 1. The highest BCUT2D eigenvalue weighted by molar-refractivity contribution is 5.85. The lowest BCUT2D eigenvalue weighted by Crippen LogP contribution is -2.17. The average Bonchev–Trinajstić information content (AvgIpc) is 2.60. The molecule has 0 N–H and O–H groups in total. The van der Waals surface area contributed by atoms with Gasteiger partial charge in [-0.3, -0.25) is 4.90 Å². The first kappa shape index (κ1) is 23.8. The minimum atomic E-state index is 0. The first-order valence-corrected chi connectivity index (χ1v) is 9.46. The van der Waals surface area contributed by atoms with Gasteiger partial charge in [0.05, 0.1) is 0 Å². The molecule has 0 saturated carbocycles. The monoisotopic (exact) mass is 397 g/mol. The molecule has 0 amide bonds. The van der Waals surface area contributed by atoms with Crippen LogP contribution < -0.4 is 4.74 Å². The van der Waals surface area contributed by atoms with Gasteiger partial charge in [0.2, 0.25) is 0 Å². The van der Waals surface area contributed by atoms with Crippen molar-refractivity contribution in [3.8, 4) is 17.6 Å². The first-order valence-electron chi connectivity index (χ1n) is 9.46. The Morgan fingerprint density at radius 2 is 1.82 bits per heavy atom. The quantitative estimate of drug-likeness (QED) is 0.528. The van der Waals surface area contributed by atoms with Crippen LogP contribution in [0.4, 0.5) is 0 Å². The fourth-order valence-corrected chi connectivity index (χ4v) is 2.59. The number of benzene rings is 2. The van der Waals surface area contributed by atoms with E-state index in [-0.39, 0.29) is 17.8 Å². The third kappa shape index (κ3) is 9.13. The molecule has 0 radical (unpaired) electrons. The Kier molecular flexibility index (Phi) is 9.87. The van der Waals surface area contributed by atoms with Gasteiger partial charge >= 0.3 is 0 Å². The van der Waals surface area contributed by atoms with Crippen molar-refractivity contribution in [1.29, 1.82) is 0 Å². The van der Waals surface area contributed by atoms with Gasteiger partial charge in [0.25, 0.3) is 0 Å². The van der Waals surface area contributed by atoms with E-state index in [1.54, 1.807) is 0 Å². The van der Waals surface area contributed by atoms with E-state index in [9.17, 15) is 0 Å². The molecular weight excluding hydrogens is 366 g/mol. The predicted octanol–water partition coefficient (Wildman–Crippen LogP) is 6.03. The van der Waals surface area contributed by atoms with Crippen molar-refractivity contribution in [2.45, 2.75) is 40.8 Å². The van der Waals surface area contributed by atoms with Gasteiger partial charge < -0.3 is 4.74 Å². The number of allylic oxidation sites excluding steroid dienone is 1. The lowest BCUT2D eigenvalue weighted by atomic mass is 9.98. The van der Waals surface area contributed by atoms with Crippen LogP contribution in [0.15, 0.2) is 60.7 Å². The lowest BCUT2D eigenvalue weighted by Gasteiger charge is -2.15. The molecule has 0 aromatic heterocycles. The van der Waals surface area contributed by atoms with E-state index in [0.29, 0.717) is 6.61 Å². The third-order valence-electron chi connectivity index (χ3n) is 4.07. The van der Waals surface area contributed by atoms with Gasteiger partial charge in [-0.2, -0.15) is 0 Å². The van der Waals surface area contributed by atoms with Crippen molar-refractivity contribution in [3.05, 3.63) is 77.4 Å². The van der Waals surface area contributed by atoms with Crippen molar-refractivity contribution in [1.82, 2.24) is 4.90 Å². The summed E-state index contributed by atoms with van der Waals surface area (Å²) >= 11 is 0. The molecule has 0 aliphatic heterocycles. The van der Waals surface area contributed by atoms with E-state index >= 15 is 0 Å². The van der Waals surface area contributed by atoms with E-state index in [1.165, 1.54) is 16.7 Å². The fourth-order valence-electron chi connectivity index (χ4n) is 2.59. The molecule has 150 valence electrons. The maximum Gasteiger partial charge on any atom is 0.120 e. The Labute approximate surface area is 177 Å². The number of likely N-dealkylation sites (N-methyl/N-ethyl adjacent to an activating group) is 1. The molecule has 28 heavy (non-hydrogen) atoms. The van der Waals surface area contributed by atoms with Gasteiger partial charge in [0.1, 0.15) is 12.4 Å². The summed E-state index contributed by atoms with van der Waals surface area (Å²) in [5.41, 5.74) is 3.78. The van der Waals surface area contributed by atoms with Crippen LogP contribution in [-0.2, 0) is 13.2 Å². The van der Waals surface area contributed by atoms with Gasteiger partial charge in [-0.15, -0.1) is 12.4 Å². The van der Waals surface area contributed by atoms with Gasteiger partial charge in [0.15, 0.2) is 0 Å². The molecule has 0 aliphatic carbocycles. The molecule has 2 nitrogen and oxygen atoms in total. The molecule has 0 spiro atoms. The normalized spacial score (nSPS) is 11.1. The Bertz CT molecular complexity index is 824. The fraction of sp³-hybridized carbons (Fsp3) is 0.360. The molecule has 0 bridgehead atoms. The van der Waals surface area contributed by atoms with Crippen LogP contribution in [0.2, 0.25) is 0 Å². The number of hydrogen-bond donors (Lipinski definition) is 0. The number of aryl methyl sites for hydroxylation is 1. The molecule has 0 aliphatic rings. The minimum Gasteiger partial charge on any atom is -0.489 e. The van der Waals surface area contributed by atoms with Crippen LogP contribution in [-0.4, -0.2) is 18.5 Å². The molecule has 0 fully saturated rings. The number of ether oxygens (including phenoxy) is 1. The maximum absolute atomic E-state index is 5.99. The second-order valence-electron chi connectivity index (χ2n) is 7.98. The van der Waals surface area contributed by atoms with Crippen LogP contribution in [0.3, 0.4) is 0 Å². The zero-order valence-electron chi connectivity index (χ0n) is 17.7. The van der Waals surface area contributed by atoms with Crippen molar-refractivity contribution < 1.29 is 4.74 Å². The molecule has 0 atom stereocenters. The number of nitrogens with zero attached hydrogens (tertiary/aromatic N) is 1. The van der Waals surface area contributed by atoms with Crippen LogP contribution in [0, 0.1) is 24.2 Å². The topological polar surface area (TPSA) is 12.5 Å². The summed E-state index contributed by atoms with van der Waals surface area (Å²) in [5.74, 6) is 7.24. The molecule has 0 unspecified atom stereocenters. The van der Waals surface area contributed by atoms with Crippen LogP contribution >= 0.6 is 12.4 Å². The van der Waals surface area contributed by atoms with Crippen LogP contribution in [0.1, 0.15) is 37.5 Å². The first-order chi connectivity index (χ1) is 12.8. The number of hydrogen-bond acceptors (Lipinski definition) is 2. The second kappa shape index (κ2) is 11.6. The van der Waals surface area contributed by atoms with Gasteiger partial charge in [-0.05, 0) is 69.6 Å². The Morgan fingerprint density at radius 3 is 2.54 bits per heavy atom. The van der Waals surface area contributed by atoms with Crippen molar-refractivity contribution >= 4 is 12.4 Å². The molecule has 3 heteroatoms. The lowest BCUT2D eigenvalue weighted by molar-refractivity contribution is 0.304. The highest BCUT2D eigenvalue weighted by Crippen LogP contribution is 2.17. The minimum absolute atomic E-state index is 0. The molecule has 0 heterocycles. The molecule has 0 saturated heterocycles. The second-order valence-corrected chi connectivity index (χ2v) is 7.98. The SMILES string of the molecule is Cc1ccccc1COc1cccc(CN(C)C/C=C\C#CC(C)(C)C)c1.Cl. The van der Waals surface area contributed by atoms with E-state index in [1.807, 2.05) is 12.1 Å². The average molecular weight is 398 g/mol. The standard InChI is InChI=1S/C25H31NO.ClH/c1-21-12-7-8-14-23(21)20-27-24-15-11-13-22(18-24)19-26(5)17-10-6-9-16-25(2,3)4;/h6-8,10-15,18H,17,19-20H2,1-5H3;1H/b10-6-;. The largest absolute Gasteiger partial charge is 0.489 e. The van der Waals surface area contributed by atoms with E-state index in [0.717, 1.165) is 18.8 Å². The maximum atomic E-state index is 5.99. The van der Waals surface area contributed by atoms with Crippen LogP contribution in [0.25, 0.3) is 0 Å². The van der Waals surface area contributed by atoms with Crippen molar-refractivity contribution in [2.24, 2.45) is 5.41 Å². The summed E-state index contributed by atoms with van der Waals surface area (Å²) in [4.78, 5) is 2.26. The van der Waals surface area contributed by atoms with Gasteiger partial charge in [-0.25, -0.2) is 0 Å². The molecule has 2 aromatic rings. The zero-order chi connectivity index (χ0) is 19.7. The Morgan fingerprint density at radius 1 is 1.07 bits per heavy atom. The molecular formula is C25H32ClNO. The predicted molar refractivity (Wildman–Crippen MR) is 122 cm³/mol. The summed E-state index contributed by atoms with van der Waals surface area (Å²) in [6, 6.07) is 16.7. The summed E-state index contributed by atoms with van der Waals surface area (Å²) in [6.45, 7) is 10.8. The molecule has 2 aromatic carbocycles. The van der Waals surface area contributed by atoms with E-state index in [4.69, 9.17) is 4.74 Å². The van der Waals surface area contributed by atoms with Gasteiger partial charge in [0, 0.05) is 18.5 Å². The Balaban J connectivity index is 0.00000392. The van der Waals surface area contributed by atoms with Crippen molar-refractivity contribution in [3.63, 3.8) is 0 Å². The van der Waals surface area contributed by atoms with Crippen LogP contribution in [0.5, 0.6) is 5.75 Å². The highest BCUT2D eigenvalue weighted by atomic mass is 35.5. The Hall–Kier alpha value is -2.21. The third-order valence-corrected chi connectivity index (χ3v) is 4.07. The number of rotatable bonds is 7. The van der Waals surface area contributed by atoms with E-state index < -0.39 is 0 Å². The zero-order valence-corrected chi connectivity index (χ0v) is 18.5. The summed E-state index contributed by atoms with van der Waals surface area (Å²) in [5, 5.41) is 0. The summed E-state index contributed by atoms with van der Waals surface area (Å²) in [7, 11) is 2.11. The summed E-state index contributed by atoms with van der Waals surface area (Å²) in [6.07, 6.45) is 4.06. The van der Waals surface area contributed by atoms with Crippen molar-refractivity contribution in [2.75, 3.05) is 13.6 Å². The smallest absolute Gasteiger partial charge is 0.120 e. The van der Waals surface area contributed by atoms with E-state index in [2.05, 4.69) is 100 Å². The summed E-state index contributed by atoms with van der Waals surface area (Å²) < 4.78 is 5.99.